The van der Waals surface area contributed by atoms with Gasteiger partial charge in [-0.3, -0.25) is 9.20 Å². The number of nitrogens with one attached hydrogen (secondary N) is 1. The molecular formula is C17H20N4OS2. The number of carbonyl (C=O) groups excluding carboxylic acids is 1. The highest BCUT2D eigenvalue weighted by molar-refractivity contribution is 7.99. The van der Waals surface area contributed by atoms with E-state index in [1.165, 1.54) is 35.7 Å². The molecule has 0 saturated heterocycles. The summed E-state index contributed by atoms with van der Waals surface area (Å²) in [6.45, 7) is 2.23. The molecule has 3 aromatic rings. The second-order valence-corrected chi connectivity index (χ2v) is 8.35. The van der Waals surface area contributed by atoms with E-state index < -0.39 is 0 Å². The van der Waals surface area contributed by atoms with Gasteiger partial charge < -0.3 is 5.32 Å². The van der Waals surface area contributed by atoms with Crippen molar-refractivity contribution in [2.75, 3.05) is 5.75 Å². The van der Waals surface area contributed by atoms with Gasteiger partial charge in [-0.2, -0.15) is 0 Å². The number of carbonyl (C=O) groups is 1. The monoisotopic (exact) mass is 360 g/mol. The maximum Gasteiger partial charge on any atom is 0.230 e. The van der Waals surface area contributed by atoms with Crippen LogP contribution in [0.15, 0.2) is 29.4 Å². The van der Waals surface area contributed by atoms with Crippen LogP contribution in [0.4, 0.5) is 0 Å². The minimum absolute atomic E-state index is 0.0926. The van der Waals surface area contributed by atoms with Crippen LogP contribution in [0, 0.1) is 5.92 Å². The van der Waals surface area contributed by atoms with E-state index in [2.05, 4.69) is 34.6 Å². The summed E-state index contributed by atoms with van der Waals surface area (Å²) in [6, 6.07) is 8.51. The fourth-order valence-corrected chi connectivity index (χ4v) is 5.14. The molecule has 1 aliphatic rings. The fraction of sp³-hybridized carbons (Fsp3) is 0.471. The lowest BCUT2D eigenvalue weighted by Crippen LogP contribution is -2.41. The molecule has 7 heteroatoms. The molecule has 1 N–H and O–H groups in total. The van der Waals surface area contributed by atoms with Crippen molar-refractivity contribution in [2.24, 2.45) is 5.92 Å². The van der Waals surface area contributed by atoms with Gasteiger partial charge in [0.25, 0.3) is 0 Å². The number of para-hydroxylation sites is 1. The molecule has 126 valence electrons. The highest BCUT2D eigenvalue weighted by atomic mass is 32.2. The van der Waals surface area contributed by atoms with E-state index in [9.17, 15) is 4.79 Å². The Morgan fingerprint density at radius 1 is 1.33 bits per heavy atom. The molecule has 1 aliphatic carbocycles. The Morgan fingerprint density at radius 2 is 2.17 bits per heavy atom. The first kappa shape index (κ1) is 15.9. The number of benzene rings is 1. The summed E-state index contributed by atoms with van der Waals surface area (Å²) in [5, 5.41) is 12.5. The Hall–Kier alpha value is -1.60. The van der Waals surface area contributed by atoms with Crippen molar-refractivity contribution in [3.05, 3.63) is 24.3 Å². The minimum Gasteiger partial charge on any atom is -0.352 e. The molecular weight excluding hydrogens is 340 g/mol. The number of thioether (sulfide) groups is 1. The first-order valence-electron chi connectivity index (χ1n) is 8.37. The number of hydrogen-bond donors (Lipinski definition) is 1. The lowest BCUT2D eigenvalue weighted by atomic mass is 9.86. The number of nitrogens with zero attached hydrogens (tertiary/aromatic N) is 3. The third-order valence-electron chi connectivity index (χ3n) is 4.70. The van der Waals surface area contributed by atoms with Crippen molar-refractivity contribution < 1.29 is 4.79 Å². The summed E-state index contributed by atoms with van der Waals surface area (Å²) in [5.74, 6) is 1.05. The Morgan fingerprint density at radius 3 is 3.04 bits per heavy atom. The first-order valence-corrected chi connectivity index (χ1v) is 10.2. The lowest BCUT2D eigenvalue weighted by Gasteiger charge is -2.29. The molecule has 1 fully saturated rings. The van der Waals surface area contributed by atoms with Crippen molar-refractivity contribution >= 4 is 44.2 Å². The molecule has 0 spiro atoms. The topological polar surface area (TPSA) is 59.3 Å². The first-order chi connectivity index (χ1) is 11.7. The fourth-order valence-electron chi connectivity index (χ4n) is 3.36. The highest BCUT2D eigenvalue weighted by Crippen LogP contribution is 2.29. The molecule has 2 heterocycles. The largest absolute Gasteiger partial charge is 0.352 e. The maximum atomic E-state index is 12.3. The number of thiazole rings is 1. The average Bonchev–Trinajstić information content (AvgIpc) is 3.14. The molecule has 2 aromatic heterocycles. The van der Waals surface area contributed by atoms with Crippen LogP contribution < -0.4 is 5.32 Å². The van der Waals surface area contributed by atoms with Crippen LogP contribution in [0.25, 0.3) is 15.2 Å². The van der Waals surface area contributed by atoms with Gasteiger partial charge in [0.1, 0.15) is 0 Å². The zero-order valence-corrected chi connectivity index (χ0v) is 15.2. The van der Waals surface area contributed by atoms with E-state index in [0.29, 0.717) is 17.7 Å². The zero-order valence-electron chi connectivity index (χ0n) is 13.6. The molecule has 1 aromatic carbocycles. The third kappa shape index (κ3) is 3.02. The predicted molar refractivity (Wildman–Crippen MR) is 98.7 cm³/mol. The van der Waals surface area contributed by atoms with Crippen LogP contribution in [0.2, 0.25) is 0 Å². The van der Waals surface area contributed by atoms with E-state index in [0.717, 1.165) is 22.1 Å². The van der Waals surface area contributed by atoms with Gasteiger partial charge in [-0.05, 0) is 30.9 Å². The van der Waals surface area contributed by atoms with Crippen LogP contribution in [0.1, 0.15) is 32.6 Å². The molecule has 1 amide bonds. The Balaban J connectivity index is 1.45. The normalized spacial score (nSPS) is 21.4. The van der Waals surface area contributed by atoms with Crippen molar-refractivity contribution in [3.8, 4) is 0 Å². The number of rotatable bonds is 4. The summed E-state index contributed by atoms with van der Waals surface area (Å²) in [6.07, 6.45) is 4.81. The summed E-state index contributed by atoms with van der Waals surface area (Å²) >= 11 is 3.08. The van der Waals surface area contributed by atoms with Gasteiger partial charge in [0, 0.05) is 6.04 Å². The van der Waals surface area contributed by atoms with E-state index >= 15 is 0 Å². The van der Waals surface area contributed by atoms with Crippen molar-refractivity contribution in [1.82, 2.24) is 19.9 Å². The van der Waals surface area contributed by atoms with Crippen LogP contribution >= 0.6 is 23.1 Å². The van der Waals surface area contributed by atoms with Gasteiger partial charge >= 0.3 is 0 Å². The van der Waals surface area contributed by atoms with Crippen LogP contribution in [-0.2, 0) is 4.79 Å². The number of hydrogen-bond acceptors (Lipinski definition) is 5. The number of aromatic nitrogens is 3. The third-order valence-corrected chi connectivity index (χ3v) is 6.64. The van der Waals surface area contributed by atoms with E-state index in [1.807, 2.05) is 16.5 Å². The van der Waals surface area contributed by atoms with Crippen LogP contribution in [0.5, 0.6) is 0 Å². The molecule has 4 rings (SSSR count). The lowest BCUT2D eigenvalue weighted by molar-refractivity contribution is -0.119. The molecule has 0 radical (unpaired) electrons. The van der Waals surface area contributed by atoms with E-state index in [1.54, 1.807) is 11.3 Å². The van der Waals surface area contributed by atoms with Crippen LogP contribution in [0.3, 0.4) is 0 Å². The van der Waals surface area contributed by atoms with Gasteiger partial charge in [0.2, 0.25) is 10.9 Å². The molecule has 5 nitrogen and oxygen atoms in total. The standard InChI is InChI=1S/C17H20N4OS2/c1-11-6-2-3-7-12(11)18-15(22)10-23-16-19-20-17-21(16)13-8-4-5-9-14(13)24-17/h4-5,8-9,11-12H,2-3,6-7,10H2,1H3,(H,18,22)/t11-,12+/m0/s1. The van der Waals surface area contributed by atoms with Gasteiger partial charge in [-0.15, -0.1) is 10.2 Å². The average molecular weight is 361 g/mol. The predicted octanol–water partition coefficient (Wildman–Crippen LogP) is 3.73. The Bertz CT molecular complexity index is 872. The zero-order chi connectivity index (χ0) is 16.5. The van der Waals surface area contributed by atoms with Crippen LogP contribution in [-0.4, -0.2) is 32.3 Å². The minimum atomic E-state index is 0.0926. The molecule has 0 unspecified atom stereocenters. The summed E-state index contributed by atoms with van der Waals surface area (Å²) in [4.78, 5) is 13.2. The molecule has 0 bridgehead atoms. The summed E-state index contributed by atoms with van der Waals surface area (Å²) in [5.41, 5.74) is 1.10. The quantitative estimate of drug-likeness (QED) is 0.720. The second-order valence-electron chi connectivity index (χ2n) is 6.39. The van der Waals surface area contributed by atoms with Crippen molar-refractivity contribution in [3.63, 3.8) is 0 Å². The van der Waals surface area contributed by atoms with Gasteiger partial charge in [-0.1, -0.05) is 55.0 Å². The Labute approximate surface area is 148 Å². The SMILES string of the molecule is C[C@H]1CCCC[C@H]1NC(=O)CSc1nnc2sc3ccccc3n12. The molecule has 0 aliphatic heterocycles. The van der Waals surface area contributed by atoms with Gasteiger partial charge in [0.15, 0.2) is 5.16 Å². The maximum absolute atomic E-state index is 12.3. The van der Waals surface area contributed by atoms with E-state index in [-0.39, 0.29) is 5.91 Å². The van der Waals surface area contributed by atoms with Gasteiger partial charge in [-0.25, -0.2) is 0 Å². The molecule has 1 saturated carbocycles. The van der Waals surface area contributed by atoms with E-state index in [4.69, 9.17) is 0 Å². The number of fused-ring (bicyclic) bond motifs is 3. The molecule has 2 atom stereocenters. The Kier molecular flexibility index (Phi) is 4.45. The van der Waals surface area contributed by atoms with Gasteiger partial charge in [0.05, 0.1) is 16.0 Å². The van der Waals surface area contributed by atoms with Crippen molar-refractivity contribution in [1.29, 1.82) is 0 Å². The highest BCUT2D eigenvalue weighted by Gasteiger charge is 2.23. The summed E-state index contributed by atoms with van der Waals surface area (Å²) in [7, 11) is 0. The smallest absolute Gasteiger partial charge is 0.230 e. The second kappa shape index (κ2) is 6.72. The summed E-state index contributed by atoms with van der Waals surface area (Å²) < 4.78 is 3.23. The van der Waals surface area contributed by atoms with Crippen molar-refractivity contribution in [2.45, 2.75) is 43.8 Å². The number of amides is 1. The molecule has 24 heavy (non-hydrogen) atoms.